The second kappa shape index (κ2) is 7.93. The number of rotatable bonds is 5. The van der Waals surface area contributed by atoms with Crippen molar-refractivity contribution in [3.05, 3.63) is 65.5 Å². The Hall–Kier alpha value is -2.89. The van der Waals surface area contributed by atoms with Crippen molar-refractivity contribution in [1.82, 2.24) is 10.9 Å². The molecule has 2 aromatic carbocycles. The van der Waals surface area contributed by atoms with Gasteiger partial charge in [-0.1, -0.05) is 24.3 Å². The molecule has 0 aliphatic carbocycles. The van der Waals surface area contributed by atoms with Crippen LogP contribution >= 0.6 is 0 Å². The first-order valence-electron chi connectivity index (χ1n) is 7.15. The van der Waals surface area contributed by atoms with Crippen LogP contribution in [-0.4, -0.2) is 18.4 Å². The second-order valence-electron chi connectivity index (χ2n) is 4.74. The Morgan fingerprint density at radius 1 is 1.04 bits per heavy atom. The third kappa shape index (κ3) is 4.81. The Kier molecular flexibility index (Phi) is 5.68. The molecule has 2 rings (SSSR count). The van der Waals surface area contributed by atoms with E-state index in [2.05, 4.69) is 10.9 Å². The van der Waals surface area contributed by atoms with Gasteiger partial charge >= 0.3 is 0 Å². The van der Waals surface area contributed by atoms with Gasteiger partial charge in [0.15, 0.2) is 0 Å². The fourth-order valence-corrected chi connectivity index (χ4v) is 1.94. The highest BCUT2D eigenvalue weighted by molar-refractivity contribution is 5.95. The van der Waals surface area contributed by atoms with Gasteiger partial charge in [-0.3, -0.25) is 20.4 Å². The molecule has 0 heterocycles. The molecule has 0 radical (unpaired) electrons. The van der Waals surface area contributed by atoms with E-state index in [9.17, 15) is 14.0 Å². The van der Waals surface area contributed by atoms with Crippen LogP contribution < -0.4 is 15.6 Å². The Balaban J connectivity index is 1.85. The van der Waals surface area contributed by atoms with Crippen LogP contribution in [0.4, 0.5) is 4.39 Å². The van der Waals surface area contributed by atoms with Crippen molar-refractivity contribution >= 4 is 11.8 Å². The fraction of sp³-hybridized carbons (Fsp3) is 0.176. The third-order valence-corrected chi connectivity index (χ3v) is 3.03. The number of ether oxygens (including phenoxy) is 1. The predicted molar refractivity (Wildman–Crippen MR) is 83.3 cm³/mol. The van der Waals surface area contributed by atoms with Gasteiger partial charge in [0, 0.05) is 0 Å². The van der Waals surface area contributed by atoms with Crippen LogP contribution in [0.25, 0.3) is 0 Å². The van der Waals surface area contributed by atoms with Gasteiger partial charge in [0.05, 0.1) is 18.6 Å². The summed E-state index contributed by atoms with van der Waals surface area (Å²) in [7, 11) is 0. The van der Waals surface area contributed by atoms with Crippen LogP contribution in [0.3, 0.4) is 0 Å². The maximum Gasteiger partial charge on any atom is 0.272 e. The monoisotopic (exact) mass is 316 g/mol. The zero-order valence-electron chi connectivity index (χ0n) is 12.6. The smallest absolute Gasteiger partial charge is 0.272 e. The van der Waals surface area contributed by atoms with Gasteiger partial charge in [-0.2, -0.15) is 0 Å². The summed E-state index contributed by atoms with van der Waals surface area (Å²) in [6.07, 6.45) is 0.0873. The fourth-order valence-electron chi connectivity index (χ4n) is 1.94. The van der Waals surface area contributed by atoms with Gasteiger partial charge < -0.3 is 4.74 Å². The maximum atomic E-state index is 13.4. The first-order chi connectivity index (χ1) is 11.1. The van der Waals surface area contributed by atoms with Crippen LogP contribution in [0.1, 0.15) is 22.8 Å². The van der Waals surface area contributed by atoms with Gasteiger partial charge in [-0.15, -0.1) is 0 Å². The number of hydrogen-bond donors (Lipinski definition) is 2. The summed E-state index contributed by atoms with van der Waals surface area (Å²) in [6.45, 7) is 2.46. The molecule has 6 heteroatoms. The number of hydrazine groups is 1. The number of carbonyl (C=O) groups is 2. The van der Waals surface area contributed by atoms with E-state index >= 15 is 0 Å². The standard InChI is InChI=1S/C17H17FN2O3/c1-2-23-13-9-7-12(8-10-13)11-16(21)19-20-17(22)14-5-3-4-6-15(14)18/h3-10H,2,11H2,1H3,(H,19,21)(H,20,22). The van der Waals surface area contributed by atoms with E-state index in [0.717, 1.165) is 11.3 Å². The van der Waals surface area contributed by atoms with Crippen molar-refractivity contribution in [2.45, 2.75) is 13.3 Å². The van der Waals surface area contributed by atoms with Crippen molar-refractivity contribution in [3.63, 3.8) is 0 Å². The molecule has 0 atom stereocenters. The van der Waals surface area contributed by atoms with E-state index in [1.807, 2.05) is 6.92 Å². The molecular formula is C17H17FN2O3. The van der Waals surface area contributed by atoms with E-state index in [1.54, 1.807) is 30.3 Å². The minimum Gasteiger partial charge on any atom is -0.494 e. The van der Waals surface area contributed by atoms with Crippen LogP contribution in [0.15, 0.2) is 48.5 Å². The van der Waals surface area contributed by atoms with E-state index in [0.29, 0.717) is 6.61 Å². The highest BCUT2D eigenvalue weighted by atomic mass is 19.1. The van der Waals surface area contributed by atoms with E-state index in [4.69, 9.17) is 4.74 Å². The minimum atomic E-state index is -0.705. The van der Waals surface area contributed by atoms with Crippen LogP contribution in [0, 0.1) is 5.82 Å². The number of hydrogen-bond acceptors (Lipinski definition) is 3. The summed E-state index contributed by atoms with van der Waals surface area (Å²) >= 11 is 0. The lowest BCUT2D eigenvalue weighted by molar-refractivity contribution is -0.121. The number of benzene rings is 2. The molecule has 2 aromatic rings. The summed E-state index contributed by atoms with van der Waals surface area (Å²) in [4.78, 5) is 23.5. The Morgan fingerprint density at radius 3 is 2.39 bits per heavy atom. The van der Waals surface area contributed by atoms with E-state index in [-0.39, 0.29) is 12.0 Å². The first-order valence-corrected chi connectivity index (χ1v) is 7.15. The highest BCUT2D eigenvalue weighted by Gasteiger charge is 2.11. The first kappa shape index (κ1) is 16.5. The largest absolute Gasteiger partial charge is 0.494 e. The molecule has 0 aliphatic heterocycles. The summed E-state index contributed by atoms with van der Waals surface area (Å²) in [5.74, 6) is -1.03. The SMILES string of the molecule is CCOc1ccc(CC(=O)NNC(=O)c2ccccc2F)cc1. The molecule has 0 aliphatic rings. The zero-order chi connectivity index (χ0) is 16.7. The van der Waals surface area contributed by atoms with Crippen molar-refractivity contribution < 1.29 is 18.7 Å². The molecule has 5 nitrogen and oxygen atoms in total. The Bertz CT molecular complexity index is 686. The third-order valence-electron chi connectivity index (χ3n) is 3.03. The number of nitrogens with one attached hydrogen (secondary N) is 2. The molecule has 2 N–H and O–H groups in total. The van der Waals surface area contributed by atoms with Crippen molar-refractivity contribution in [1.29, 1.82) is 0 Å². The summed E-state index contributed by atoms with van der Waals surface area (Å²) < 4.78 is 18.7. The molecule has 0 fully saturated rings. The average Bonchev–Trinajstić information content (AvgIpc) is 2.55. The Morgan fingerprint density at radius 2 is 1.74 bits per heavy atom. The van der Waals surface area contributed by atoms with E-state index < -0.39 is 17.6 Å². The van der Waals surface area contributed by atoms with Crippen molar-refractivity contribution in [2.75, 3.05) is 6.61 Å². The maximum absolute atomic E-state index is 13.4. The van der Waals surface area contributed by atoms with Crippen molar-refractivity contribution in [3.8, 4) is 5.75 Å². The number of amides is 2. The molecule has 0 saturated heterocycles. The number of carbonyl (C=O) groups excluding carboxylic acids is 2. The van der Waals surface area contributed by atoms with Crippen LogP contribution in [-0.2, 0) is 11.2 Å². The molecule has 0 unspecified atom stereocenters. The summed E-state index contributed by atoms with van der Waals surface area (Å²) in [5, 5.41) is 0. The van der Waals surface area contributed by atoms with Crippen LogP contribution in [0.2, 0.25) is 0 Å². The normalized spacial score (nSPS) is 10.0. The van der Waals surface area contributed by atoms with Crippen molar-refractivity contribution in [2.24, 2.45) is 0 Å². The van der Waals surface area contributed by atoms with Gasteiger partial charge in [0.25, 0.3) is 5.91 Å². The Labute approximate surface area is 133 Å². The lowest BCUT2D eigenvalue weighted by atomic mass is 10.1. The highest BCUT2D eigenvalue weighted by Crippen LogP contribution is 2.12. The molecule has 0 bridgehead atoms. The molecular weight excluding hydrogens is 299 g/mol. The molecule has 2 amide bonds. The zero-order valence-corrected chi connectivity index (χ0v) is 12.6. The lowest BCUT2D eigenvalue weighted by Gasteiger charge is -2.08. The van der Waals surface area contributed by atoms with Crippen LogP contribution in [0.5, 0.6) is 5.75 Å². The van der Waals surface area contributed by atoms with E-state index in [1.165, 1.54) is 18.2 Å². The van der Waals surface area contributed by atoms with Gasteiger partial charge in [0.1, 0.15) is 11.6 Å². The number of halogens is 1. The summed E-state index contributed by atoms with van der Waals surface area (Å²) in [6, 6.07) is 12.6. The molecule has 0 saturated carbocycles. The molecule has 0 spiro atoms. The molecule has 120 valence electrons. The van der Waals surface area contributed by atoms with Gasteiger partial charge in [0.2, 0.25) is 5.91 Å². The summed E-state index contributed by atoms with van der Waals surface area (Å²) in [5.41, 5.74) is 5.09. The minimum absolute atomic E-state index is 0.0873. The van der Waals surface area contributed by atoms with Gasteiger partial charge in [-0.25, -0.2) is 4.39 Å². The lowest BCUT2D eigenvalue weighted by Crippen LogP contribution is -2.42. The molecule has 23 heavy (non-hydrogen) atoms. The van der Waals surface area contributed by atoms with Gasteiger partial charge in [-0.05, 0) is 36.8 Å². The average molecular weight is 316 g/mol. The second-order valence-corrected chi connectivity index (χ2v) is 4.74. The quantitative estimate of drug-likeness (QED) is 0.831. The topological polar surface area (TPSA) is 67.4 Å². The predicted octanol–water partition coefficient (Wildman–Crippen LogP) is 2.23. The molecule has 0 aromatic heterocycles.